The number of nitrogens with two attached hydrogens (primary N) is 2. The summed E-state index contributed by atoms with van der Waals surface area (Å²) in [4.78, 5) is 20.0. The summed E-state index contributed by atoms with van der Waals surface area (Å²) in [6, 6.07) is 11.4. The van der Waals surface area contributed by atoms with Crippen LogP contribution < -0.4 is 25.7 Å². The molecule has 43 heavy (non-hydrogen) atoms. The first-order valence-electron chi connectivity index (χ1n) is 14.0. The summed E-state index contributed by atoms with van der Waals surface area (Å²) in [5, 5.41) is 2.51. The van der Waals surface area contributed by atoms with Crippen LogP contribution in [0.15, 0.2) is 67.4 Å². The van der Waals surface area contributed by atoms with Crippen LogP contribution in [0.3, 0.4) is 0 Å². The molecule has 5 rings (SSSR count). The number of anilines is 1. The van der Waals surface area contributed by atoms with Crippen LogP contribution in [-0.4, -0.2) is 78.5 Å². The van der Waals surface area contributed by atoms with Crippen molar-refractivity contribution < 1.29 is 18.9 Å². The summed E-state index contributed by atoms with van der Waals surface area (Å²) >= 11 is 0. The predicted octanol–water partition coefficient (Wildman–Crippen LogP) is 4.08. The molecule has 0 amide bonds. The second kappa shape index (κ2) is 14.1. The highest BCUT2D eigenvalue weighted by Gasteiger charge is 2.15. The highest BCUT2D eigenvalue weighted by atomic mass is 16.5. The van der Waals surface area contributed by atoms with E-state index < -0.39 is 0 Å². The van der Waals surface area contributed by atoms with Crippen LogP contribution in [-0.2, 0) is 11.3 Å². The molecule has 0 bridgehead atoms. The van der Waals surface area contributed by atoms with Crippen molar-refractivity contribution in [3.05, 3.63) is 72.9 Å². The van der Waals surface area contributed by atoms with Crippen LogP contribution >= 0.6 is 0 Å². The molecular weight excluding hydrogens is 546 g/mol. The van der Waals surface area contributed by atoms with Crippen LogP contribution in [0.1, 0.15) is 12.0 Å². The van der Waals surface area contributed by atoms with Crippen molar-refractivity contribution in [3.8, 4) is 28.5 Å². The first-order valence-corrected chi connectivity index (χ1v) is 14.0. The van der Waals surface area contributed by atoms with Gasteiger partial charge in [-0.15, -0.1) is 0 Å². The molecule has 0 saturated carbocycles. The van der Waals surface area contributed by atoms with Gasteiger partial charge < -0.3 is 30.4 Å². The van der Waals surface area contributed by atoms with Crippen LogP contribution in [0.4, 0.5) is 5.82 Å². The smallest absolute Gasteiger partial charge is 0.162 e. The molecular formula is C32H37N7O4. The fourth-order valence-electron chi connectivity index (χ4n) is 5.05. The van der Waals surface area contributed by atoms with E-state index in [9.17, 15) is 0 Å². The molecule has 0 aliphatic heterocycles. The van der Waals surface area contributed by atoms with Crippen LogP contribution in [0.25, 0.3) is 32.9 Å². The highest BCUT2D eigenvalue weighted by Crippen LogP contribution is 2.37. The average Bonchev–Trinajstić information content (AvgIpc) is 3.03. The lowest BCUT2D eigenvalue weighted by molar-refractivity contribution is 0.159. The van der Waals surface area contributed by atoms with Gasteiger partial charge in [-0.05, 0) is 47.7 Å². The number of nitrogens with zero attached hydrogens (tertiary/aromatic N) is 5. The summed E-state index contributed by atoms with van der Waals surface area (Å²) in [5.74, 6) is 2.17. The van der Waals surface area contributed by atoms with Gasteiger partial charge in [0.2, 0.25) is 0 Å². The average molecular weight is 584 g/mol. The molecule has 4 aromatic heterocycles. The normalized spacial score (nSPS) is 12.1. The number of benzene rings is 1. The molecule has 0 aliphatic carbocycles. The summed E-state index contributed by atoms with van der Waals surface area (Å²) in [6.07, 6.45) is 9.65. The molecule has 5 aromatic rings. The van der Waals surface area contributed by atoms with E-state index in [1.807, 2.05) is 36.4 Å². The number of rotatable bonds is 14. The maximum absolute atomic E-state index is 6.52. The van der Waals surface area contributed by atoms with Gasteiger partial charge in [0.05, 0.1) is 37.7 Å². The standard InChI is InChI=1S/C32H37N7O4/c1-40-10-4-9-39(18-21-5-7-35-8-6-21)19-23(33)20-43-24-11-22(15-36-16-24)28-12-25-26-13-30(41-2)31(42-3)14-29(26)37-17-27(25)32(34)38-28/h5-8,11-17,23H,4,9-10,18-20,33H2,1-3H3,(H2,34,38)/t23-/m0/s1. The van der Waals surface area contributed by atoms with Gasteiger partial charge in [-0.25, -0.2) is 4.98 Å². The largest absolute Gasteiger partial charge is 0.493 e. The third kappa shape index (κ3) is 7.26. The molecule has 0 spiro atoms. The Morgan fingerprint density at radius 2 is 1.67 bits per heavy atom. The van der Waals surface area contributed by atoms with Gasteiger partial charge in [0.1, 0.15) is 18.2 Å². The maximum Gasteiger partial charge on any atom is 0.162 e. The number of fused-ring (bicyclic) bond motifs is 3. The van der Waals surface area contributed by atoms with E-state index in [2.05, 4.69) is 24.8 Å². The summed E-state index contributed by atoms with van der Waals surface area (Å²) in [6.45, 7) is 3.32. The third-order valence-corrected chi connectivity index (χ3v) is 7.16. The Bertz CT molecular complexity index is 1670. The predicted molar refractivity (Wildman–Crippen MR) is 167 cm³/mol. The first-order chi connectivity index (χ1) is 21.0. The zero-order valence-electron chi connectivity index (χ0n) is 24.7. The maximum atomic E-state index is 6.52. The lowest BCUT2D eigenvalue weighted by atomic mass is 10.0. The van der Waals surface area contributed by atoms with Crippen molar-refractivity contribution in [1.29, 1.82) is 0 Å². The van der Waals surface area contributed by atoms with Crippen molar-refractivity contribution in [3.63, 3.8) is 0 Å². The van der Waals surface area contributed by atoms with E-state index in [-0.39, 0.29) is 6.04 Å². The van der Waals surface area contributed by atoms with E-state index in [0.717, 1.165) is 46.7 Å². The lowest BCUT2D eigenvalue weighted by Crippen LogP contribution is -2.41. The zero-order valence-corrected chi connectivity index (χ0v) is 24.7. The second-order valence-corrected chi connectivity index (χ2v) is 10.3. The molecule has 11 heteroatoms. The van der Waals surface area contributed by atoms with Gasteiger partial charge in [0.15, 0.2) is 11.5 Å². The lowest BCUT2D eigenvalue weighted by Gasteiger charge is -2.25. The quantitative estimate of drug-likeness (QED) is 0.144. The van der Waals surface area contributed by atoms with Gasteiger partial charge in [0, 0.05) is 80.5 Å². The van der Waals surface area contributed by atoms with Crippen LogP contribution in [0, 0.1) is 0 Å². The minimum atomic E-state index is -0.215. The summed E-state index contributed by atoms with van der Waals surface area (Å²) in [7, 11) is 4.92. The van der Waals surface area contributed by atoms with Crippen molar-refractivity contribution in [2.45, 2.75) is 19.0 Å². The zero-order chi connectivity index (χ0) is 30.2. The van der Waals surface area contributed by atoms with E-state index in [4.69, 9.17) is 30.4 Å². The number of hydrogen-bond donors (Lipinski definition) is 2. The Morgan fingerprint density at radius 3 is 2.44 bits per heavy atom. The van der Waals surface area contributed by atoms with Gasteiger partial charge in [-0.1, -0.05) is 0 Å². The number of methoxy groups -OCH3 is 3. The fourth-order valence-corrected chi connectivity index (χ4v) is 5.05. The second-order valence-electron chi connectivity index (χ2n) is 10.3. The van der Waals surface area contributed by atoms with Crippen molar-refractivity contribution in [2.24, 2.45) is 5.73 Å². The molecule has 0 unspecified atom stereocenters. The Balaban J connectivity index is 1.33. The van der Waals surface area contributed by atoms with Crippen LogP contribution in [0.2, 0.25) is 0 Å². The van der Waals surface area contributed by atoms with Crippen LogP contribution in [0.5, 0.6) is 17.2 Å². The Labute approximate surface area is 250 Å². The van der Waals surface area contributed by atoms with E-state index >= 15 is 0 Å². The van der Waals surface area contributed by atoms with Gasteiger partial charge in [-0.2, -0.15) is 0 Å². The van der Waals surface area contributed by atoms with Gasteiger partial charge in [0.25, 0.3) is 0 Å². The summed E-state index contributed by atoms with van der Waals surface area (Å²) in [5.41, 5.74) is 16.3. The number of pyridine rings is 4. The number of aromatic nitrogens is 4. The highest BCUT2D eigenvalue weighted by molar-refractivity contribution is 6.10. The third-order valence-electron chi connectivity index (χ3n) is 7.16. The van der Waals surface area contributed by atoms with E-state index in [1.54, 1.807) is 52.3 Å². The monoisotopic (exact) mass is 583 g/mol. The summed E-state index contributed by atoms with van der Waals surface area (Å²) < 4.78 is 22.3. The Morgan fingerprint density at radius 1 is 0.884 bits per heavy atom. The SMILES string of the molecule is COCCCN(Cc1ccncc1)C[C@H](N)COc1cncc(-c2cc3c(cnc4cc(OC)c(OC)cc43)c(N)n2)c1. The van der Waals surface area contributed by atoms with Crippen molar-refractivity contribution in [2.75, 3.05) is 53.4 Å². The molecule has 224 valence electrons. The Kier molecular flexibility index (Phi) is 9.77. The van der Waals surface area contributed by atoms with E-state index in [0.29, 0.717) is 48.5 Å². The molecule has 1 aromatic carbocycles. The fraction of sp³-hybridized carbons (Fsp3) is 0.312. The molecule has 11 nitrogen and oxygen atoms in total. The van der Waals surface area contributed by atoms with Gasteiger partial charge in [-0.3, -0.25) is 19.9 Å². The minimum absolute atomic E-state index is 0.215. The number of nitrogen functional groups attached to an aromatic ring is 1. The number of ether oxygens (including phenoxy) is 4. The molecule has 4 N–H and O–H groups in total. The molecule has 0 saturated heterocycles. The topological polar surface area (TPSA) is 144 Å². The van der Waals surface area contributed by atoms with Crippen molar-refractivity contribution in [1.82, 2.24) is 24.8 Å². The molecule has 0 aliphatic rings. The molecule has 0 radical (unpaired) electrons. The van der Waals surface area contributed by atoms with Gasteiger partial charge >= 0.3 is 0 Å². The van der Waals surface area contributed by atoms with Crippen molar-refractivity contribution >= 4 is 27.5 Å². The Hall–Kier alpha value is -4.58. The van der Waals surface area contributed by atoms with E-state index in [1.165, 1.54) is 5.56 Å². The minimum Gasteiger partial charge on any atom is -0.493 e. The number of hydrogen-bond acceptors (Lipinski definition) is 11. The molecule has 1 atom stereocenters. The molecule has 4 heterocycles. The first kappa shape index (κ1) is 29.9. The molecule has 0 fully saturated rings.